The number of benzene rings is 1. The Bertz CT molecular complexity index is 957. The van der Waals surface area contributed by atoms with Gasteiger partial charge in [0.2, 0.25) is 5.91 Å². The van der Waals surface area contributed by atoms with Crippen molar-refractivity contribution in [3.8, 4) is 0 Å². The van der Waals surface area contributed by atoms with Gasteiger partial charge in [-0.15, -0.1) is 11.8 Å². The van der Waals surface area contributed by atoms with Crippen LogP contribution in [-0.2, 0) is 14.3 Å². The second kappa shape index (κ2) is 10.8. The Hall–Kier alpha value is -2.48. The smallest absolute Gasteiger partial charge is 0.409 e. The Labute approximate surface area is 206 Å². The van der Waals surface area contributed by atoms with Crippen molar-refractivity contribution in [2.24, 2.45) is 5.92 Å². The van der Waals surface area contributed by atoms with Crippen LogP contribution in [-0.4, -0.2) is 71.8 Å². The molecule has 3 amide bonds. The topological polar surface area (TPSA) is 79.0 Å². The molecular formula is C26H35N3O4S. The number of hydrogen-bond acceptors (Lipinski definition) is 5. The quantitative estimate of drug-likeness (QED) is 0.656. The number of piperidine rings is 1. The second-order valence-corrected chi connectivity index (χ2v) is 10.8. The molecule has 1 saturated carbocycles. The Kier molecular flexibility index (Phi) is 7.86. The van der Waals surface area contributed by atoms with E-state index in [4.69, 9.17) is 4.74 Å². The molecule has 1 aliphatic carbocycles. The molecule has 0 aromatic heterocycles. The van der Waals surface area contributed by atoms with E-state index in [0.29, 0.717) is 31.4 Å². The van der Waals surface area contributed by atoms with Gasteiger partial charge >= 0.3 is 6.09 Å². The first-order chi connectivity index (χ1) is 16.4. The lowest BCUT2D eigenvalue weighted by atomic mass is 9.83. The zero-order valence-corrected chi connectivity index (χ0v) is 21.1. The van der Waals surface area contributed by atoms with Crippen LogP contribution in [0.3, 0.4) is 0 Å². The molecule has 8 heteroatoms. The van der Waals surface area contributed by atoms with Crippen LogP contribution in [0.25, 0.3) is 6.08 Å². The van der Waals surface area contributed by atoms with Gasteiger partial charge in [0.25, 0.3) is 5.91 Å². The number of ether oxygens (including phenoxy) is 1. The van der Waals surface area contributed by atoms with Crippen LogP contribution in [0.15, 0.2) is 29.2 Å². The van der Waals surface area contributed by atoms with Gasteiger partial charge in [-0.05, 0) is 63.2 Å². The molecule has 7 nitrogen and oxygen atoms in total. The molecule has 3 unspecified atom stereocenters. The normalized spacial score (nSPS) is 26.9. The van der Waals surface area contributed by atoms with E-state index >= 15 is 0 Å². The Morgan fingerprint density at radius 2 is 1.91 bits per heavy atom. The average Bonchev–Trinajstić information content (AvgIpc) is 2.84. The maximum atomic E-state index is 13.1. The van der Waals surface area contributed by atoms with Crippen molar-refractivity contribution >= 4 is 35.7 Å². The summed E-state index contributed by atoms with van der Waals surface area (Å²) in [6.07, 6.45) is 5.67. The van der Waals surface area contributed by atoms with E-state index in [0.717, 1.165) is 41.7 Å². The highest BCUT2D eigenvalue weighted by Gasteiger charge is 2.43. The monoisotopic (exact) mass is 485 g/mol. The van der Waals surface area contributed by atoms with Gasteiger partial charge in [-0.3, -0.25) is 9.59 Å². The Balaban J connectivity index is 1.32. The van der Waals surface area contributed by atoms with Crippen LogP contribution < -0.4 is 5.32 Å². The third-order valence-electron chi connectivity index (χ3n) is 7.27. The van der Waals surface area contributed by atoms with E-state index < -0.39 is 0 Å². The van der Waals surface area contributed by atoms with E-state index in [2.05, 4.69) is 18.3 Å². The first kappa shape index (κ1) is 24.6. The van der Waals surface area contributed by atoms with E-state index in [-0.39, 0.29) is 35.9 Å². The summed E-state index contributed by atoms with van der Waals surface area (Å²) in [7, 11) is 1.87. The third kappa shape index (κ3) is 5.43. The summed E-state index contributed by atoms with van der Waals surface area (Å²) in [5.74, 6) is 0.0455. The van der Waals surface area contributed by atoms with Crippen LogP contribution in [0.2, 0.25) is 0 Å². The summed E-state index contributed by atoms with van der Waals surface area (Å²) in [5, 5.41) is 3.52. The maximum Gasteiger partial charge on any atom is 0.409 e. The number of nitrogens with one attached hydrogen (secondary N) is 1. The van der Waals surface area contributed by atoms with Gasteiger partial charge in [0.15, 0.2) is 0 Å². The van der Waals surface area contributed by atoms with Crippen LogP contribution in [0.1, 0.15) is 50.2 Å². The molecule has 0 spiro atoms. The van der Waals surface area contributed by atoms with Gasteiger partial charge < -0.3 is 19.9 Å². The Morgan fingerprint density at radius 1 is 1.18 bits per heavy atom. The minimum absolute atomic E-state index is 0.0434. The van der Waals surface area contributed by atoms with Crippen LogP contribution in [0.5, 0.6) is 0 Å². The number of amides is 3. The maximum absolute atomic E-state index is 13.1. The SMILES string of the molecule is CCOC(=O)N1CCC(NC(=O)C2CCC3S/C(=C\c4ccccc4C)C(=O)N(C)C3C2)CC1. The lowest BCUT2D eigenvalue weighted by Crippen LogP contribution is -2.53. The minimum atomic E-state index is -0.274. The van der Waals surface area contributed by atoms with Gasteiger partial charge in [0, 0.05) is 43.4 Å². The number of hydrogen-bond donors (Lipinski definition) is 1. The van der Waals surface area contributed by atoms with Crippen molar-refractivity contribution in [2.45, 2.75) is 63.3 Å². The highest BCUT2D eigenvalue weighted by molar-refractivity contribution is 8.04. The molecule has 3 fully saturated rings. The zero-order chi connectivity index (χ0) is 24.2. The van der Waals surface area contributed by atoms with Crippen molar-refractivity contribution in [3.05, 3.63) is 40.3 Å². The number of rotatable bonds is 4. The van der Waals surface area contributed by atoms with Crippen LogP contribution in [0, 0.1) is 12.8 Å². The number of likely N-dealkylation sites (N-methyl/N-ethyl adjacent to an activating group) is 1. The molecule has 0 radical (unpaired) electrons. The molecule has 3 atom stereocenters. The summed E-state index contributed by atoms with van der Waals surface area (Å²) in [5.41, 5.74) is 2.23. The lowest BCUT2D eigenvalue weighted by molar-refractivity contribution is -0.132. The predicted molar refractivity (Wildman–Crippen MR) is 134 cm³/mol. The molecule has 2 heterocycles. The van der Waals surface area contributed by atoms with Gasteiger partial charge in [-0.25, -0.2) is 4.79 Å². The van der Waals surface area contributed by atoms with E-state index in [1.807, 2.05) is 36.2 Å². The van der Waals surface area contributed by atoms with Gasteiger partial charge in [-0.2, -0.15) is 0 Å². The van der Waals surface area contributed by atoms with Crippen LogP contribution >= 0.6 is 11.8 Å². The molecule has 2 aliphatic heterocycles. The number of fused-ring (bicyclic) bond motifs is 1. The van der Waals surface area contributed by atoms with Crippen molar-refractivity contribution in [3.63, 3.8) is 0 Å². The summed E-state index contributed by atoms with van der Waals surface area (Å²) in [4.78, 5) is 42.4. The minimum Gasteiger partial charge on any atom is -0.450 e. The molecule has 3 aliphatic rings. The lowest BCUT2D eigenvalue weighted by Gasteiger charge is -2.44. The zero-order valence-electron chi connectivity index (χ0n) is 20.3. The largest absolute Gasteiger partial charge is 0.450 e. The molecule has 2 saturated heterocycles. The summed E-state index contributed by atoms with van der Waals surface area (Å²) in [6.45, 7) is 5.43. The number of nitrogens with zero attached hydrogens (tertiary/aromatic N) is 2. The first-order valence-corrected chi connectivity index (χ1v) is 13.2. The first-order valence-electron chi connectivity index (χ1n) is 12.3. The fourth-order valence-corrected chi connectivity index (χ4v) is 6.64. The fraction of sp³-hybridized carbons (Fsp3) is 0.577. The third-order valence-corrected chi connectivity index (χ3v) is 8.67. The molecule has 4 rings (SSSR count). The summed E-state index contributed by atoms with van der Waals surface area (Å²) >= 11 is 1.68. The van der Waals surface area contributed by atoms with E-state index in [1.54, 1.807) is 23.6 Å². The average molecular weight is 486 g/mol. The summed E-state index contributed by atoms with van der Waals surface area (Å²) in [6, 6.07) is 8.25. The molecule has 1 N–H and O–H groups in total. The van der Waals surface area contributed by atoms with Gasteiger partial charge in [0.05, 0.1) is 11.5 Å². The van der Waals surface area contributed by atoms with Crippen LogP contribution in [0.4, 0.5) is 4.79 Å². The molecule has 184 valence electrons. The molecule has 1 aromatic carbocycles. The highest BCUT2D eigenvalue weighted by Crippen LogP contribution is 2.43. The number of carbonyl (C=O) groups excluding carboxylic acids is 3. The van der Waals surface area contributed by atoms with Gasteiger partial charge in [-0.1, -0.05) is 24.3 Å². The fourth-order valence-electron chi connectivity index (χ4n) is 5.17. The number of thioether (sulfide) groups is 1. The predicted octanol–water partition coefficient (Wildman–Crippen LogP) is 3.82. The Morgan fingerprint density at radius 3 is 2.62 bits per heavy atom. The highest BCUT2D eigenvalue weighted by atomic mass is 32.2. The van der Waals surface area contributed by atoms with E-state index in [1.165, 1.54) is 0 Å². The van der Waals surface area contributed by atoms with E-state index in [9.17, 15) is 14.4 Å². The molecule has 1 aromatic rings. The summed E-state index contributed by atoms with van der Waals surface area (Å²) < 4.78 is 5.07. The number of aryl methyl sites for hydroxylation is 1. The molecular weight excluding hydrogens is 450 g/mol. The number of carbonyl (C=O) groups is 3. The standard InChI is InChI=1S/C26H35N3O4S/c1-4-33-26(32)29-13-11-20(12-14-29)27-24(30)19-9-10-22-21(15-19)28(3)25(31)23(34-22)16-18-8-6-5-7-17(18)2/h5-8,16,19-22H,4,9-15H2,1-3H3,(H,27,30)/b23-16-. The van der Waals surface area contributed by atoms with Crippen molar-refractivity contribution < 1.29 is 19.1 Å². The number of likely N-dealkylation sites (tertiary alicyclic amines) is 1. The van der Waals surface area contributed by atoms with Crippen molar-refractivity contribution in [1.82, 2.24) is 15.1 Å². The van der Waals surface area contributed by atoms with Crippen molar-refractivity contribution in [1.29, 1.82) is 0 Å². The van der Waals surface area contributed by atoms with Gasteiger partial charge in [0.1, 0.15) is 0 Å². The molecule has 34 heavy (non-hydrogen) atoms. The second-order valence-electron chi connectivity index (χ2n) is 9.48. The van der Waals surface area contributed by atoms with Crippen molar-refractivity contribution in [2.75, 3.05) is 26.7 Å². The molecule has 0 bridgehead atoms.